The van der Waals surface area contributed by atoms with Crippen molar-refractivity contribution in [2.45, 2.75) is 33.0 Å². The van der Waals surface area contributed by atoms with Gasteiger partial charge in [0.15, 0.2) is 0 Å². The zero-order valence-corrected chi connectivity index (χ0v) is 10.2. The minimum Gasteiger partial charge on any atom is -0.309 e. The summed E-state index contributed by atoms with van der Waals surface area (Å²) >= 11 is 0. The number of nitrogens with zero attached hydrogens (tertiary/aromatic N) is 4. The maximum Gasteiger partial charge on any atom is 0.0965 e. The van der Waals surface area contributed by atoms with Crippen LogP contribution in [-0.4, -0.2) is 26.0 Å². The van der Waals surface area contributed by atoms with Crippen LogP contribution in [0.25, 0.3) is 0 Å². The maximum atomic E-state index is 4.25. The highest BCUT2D eigenvalue weighted by atomic mass is 15.4. The van der Waals surface area contributed by atoms with E-state index in [1.807, 2.05) is 24.4 Å². The predicted molar refractivity (Wildman–Crippen MR) is 65.3 cm³/mol. The number of hydrogen-bond donors (Lipinski definition) is 1. The van der Waals surface area contributed by atoms with Crippen LogP contribution in [-0.2, 0) is 13.1 Å². The SMILES string of the molecule is CC(C)NCc1cn(Cc2ccccn2)nn1. The van der Waals surface area contributed by atoms with E-state index in [1.165, 1.54) is 0 Å². The highest BCUT2D eigenvalue weighted by Crippen LogP contribution is 1.99. The Labute approximate surface area is 101 Å². The van der Waals surface area contributed by atoms with Crippen LogP contribution in [0.5, 0.6) is 0 Å². The van der Waals surface area contributed by atoms with Gasteiger partial charge in [-0.2, -0.15) is 0 Å². The molecule has 0 aliphatic heterocycles. The van der Waals surface area contributed by atoms with Gasteiger partial charge in [0.25, 0.3) is 0 Å². The highest BCUT2D eigenvalue weighted by molar-refractivity contribution is 5.04. The highest BCUT2D eigenvalue weighted by Gasteiger charge is 2.02. The number of nitrogens with one attached hydrogen (secondary N) is 1. The van der Waals surface area contributed by atoms with Crippen LogP contribution in [0, 0.1) is 0 Å². The molecule has 17 heavy (non-hydrogen) atoms. The van der Waals surface area contributed by atoms with Crippen molar-refractivity contribution in [3.8, 4) is 0 Å². The van der Waals surface area contributed by atoms with Crippen molar-refractivity contribution in [1.82, 2.24) is 25.3 Å². The third-order valence-corrected chi connectivity index (χ3v) is 2.33. The summed E-state index contributed by atoms with van der Waals surface area (Å²) < 4.78 is 1.81. The summed E-state index contributed by atoms with van der Waals surface area (Å²) in [6.07, 6.45) is 3.73. The zero-order chi connectivity index (χ0) is 12.1. The first-order valence-corrected chi connectivity index (χ1v) is 5.76. The molecule has 2 aromatic heterocycles. The Bertz CT molecular complexity index is 449. The molecule has 2 heterocycles. The minimum atomic E-state index is 0.455. The lowest BCUT2D eigenvalue weighted by Crippen LogP contribution is -2.21. The molecule has 1 N–H and O–H groups in total. The molecule has 0 saturated carbocycles. The van der Waals surface area contributed by atoms with Crippen molar-refractivity contribution in [3.63, 3.8) is 0 Å². The largest absolute Gasteiger partial charge is 0.309 e. The summed E-state index contributed by atoms with van der Waals surface area (Å²) in [4.78, 5) is 4.25. The molecule has 90 valence electrons. The molecule has 0 aliphatic carbocycles. The third-order valence-electron chi connectivity index (χ3n) is 2.33. The Hall–Kier alpha value is -1.75. The summed E-state index contributed by atoms with van der Waals surface area (Å²) in [6.45, 7) is 5.63. The maximum absolute atomic E-state index is 4.25. The molecule has 0 spiro atoms. The van der Waals surface area contributed by atoms with E-state index < -0.39 is 0 Å². The topological polar surface area (TPSA) is 55.6 Å². The minimum absolute atomic E-state index is 0.455. The quantitative estimate of drug-likeness (QED) is 0.840. The molecule has 5 heteroatoms. The van der Waals surface area contributed by atoms with Gasteiger partial charge in [-0.1, -0.05) is 25.1 Å². The van der Waals surface area contributed by atoms with Crippen LogP contribution in [0.15, 0.2) is 30.6 Å². The Morgan fingerprint density at radius 2 is 2.18 bits per heavy atom. The molecular weight excluding hydrogens is 214 g/mol. The van der Waals surface area contributed by atoms with Gasteiger partial charge in [0.1, 0.15) is 0 Å². The molecule has 0 aromatic carbocycles. The fourth-order valence-corrected chi connectivity index (χ4v) is 1.46. The van der Waals surface area contributed by atoms with Crippen molar-refractivity contribution in [3.05, 3.63) is 42.0 Å². The van der Waals surface area contributed by atoms with Crippen molar-refractivity contribution in [1.29, 1.82) is 0 Å². The second kappa shape index (κ2) is 5.54. The predicted octanol–water partition coefficient (Wildman–Crippen LogP) is 1.22. The monoisotopic (exact) mass is 231 g/mol. The number of pyridine rings is 1. The average molecular weight is 231 g/mol. The lowest BCUT2D eigenvalue weighted by molar-refractivity contribution is 0.580. The van der Waals surface area contributed by atoms with Gasteiger partial charge in [0, 0.05) is 18.8 Å². The van der Waals surface area contributed by atoms with E-state index in [4.69, 9.17) is 0 Å². The summed E-state index contributed by atoms with van der Waals surface area (Å²) in [5.41, 5.74) is 1.94. The lowest BCUT2D eigenvalue weighted by atomic mass is 10.3. The second-order valence-corrected chi connectivity index (χ2v) is 4.26. The van der Waals surface area contributed by atoms with Gasteiger partial charge in [0.2, 0.25) is 0 Å². The fraction of sp³-hybridized carbons (Fsp3) is 0.417. The van der Waals surface area contributed by atoms with Gasteiger partial charge < -0.3 is 5.32 Å². The molecule has 5 nitrogen and oxygen atoms in total. The second-order valence-electron chi connectivity index (χ2n) is 4.26. The van der Waals surface area contributed by atoms with E-state index in [9.17, 15) is 0 Å². The molecule has 0 saturated heterocycles. The Balaban J connectivity index is 1.94. The Kier molecular flexibility index (Phi) is 3.82. The molecule has 0 radical (unpaired) electrons. The summed E-state index contributed by atoms with van der Waals surface area (Å²) in [5.74, 6) is 0. The van der Waals surface area contributed by atoms with E-state index in [1.54, 1.807) is 10.9 Å². The first kappa shape index (κ1) is 11.7. The molecule has 0 bridgehead atoms. The van der Waals surface area contributed by atoms with Crippen molar-refractivity contribution >= 4 is 0 Å². The van der Waals surface area contributed by atoms with Crippen LogP contribution in [0.2, 0.25) is 0 Å². The average Bonchev–Trinajstić information content (AvgIpc) is 2.75. The molecular formula is C12H17N5. The van der Waals surface area contributed by atoms with E-state index in [0.717, 1.165) is 17.9 Å². The zero-order valence-electron chi connectivity index (χ0n) is 10.2. The molecule has 2 rings (SSSR count). The van der Waals surface area contributed by atoms with Gasteiger partial charge in [-0.25, -0.2) is 4.68 Å². The van der Waals surface area contributed by atoms with Gasteiger partial charge >= 0.3 is 0 Å². The normalized spacial score (nSPS) is 11.0. The first-order valence-electron chi connectivity index (χ1n) is 5.76. The van der Waals surface area contributed by atoms with Crippen LogP contribution >= 0.6 is 0 Å². The summed E-state index contributed by atoms with van der Waals surface area (Å²) in [6, 6.07) is 6.31. The fourth-order valence-electron chi connectivity index (χ4n) is 1.46. The summed E-state index contributed by atoms with van der Waals surface area (Å²) in [7, 11) is 0. The van der Waals surface area contributed by atoms with Gasteiger partial charge in [0.05, 0.1) is 24.1 Å². The standard InChI is InChI=1S/C12H17N5/c1-10(2)14-7-12-9-17(16-15-12)8-11-5-3-4-6-13-11/h3-6,9-10,14H,7-8H2,1-2H3. The van der Waals surface area contributed by atoms with E-state index in [2.05, 4.69) is 34.5 Å². The summed E-state index contributed by atoms with van der Waals surface area (Å²) in [5, 5.41) is 11.5. The molecule has 2 aromatic rings. The third kappa shape index (κ3) is 3.64. The van der Waals surface area contributed by atoms with Crippen LogP contribution in [0.1, 0.15) is 25.2 Å². The van der Waals surface area contributed by atoms with E-state index in [0.29, 0.717) is 12.6 Å². The van der Waals surface area contributed by atoms with Crippen LogP contribution in [0.3, 0.4) is 0 Å². The van der Waals surface area contributed by atoms with Gasteiger partial charge in [-0.05, 0) is 12.1 Å². The van der Waals surface area contributed by atoms with Gasteiger partial charge in [-0.3, -0.25) is 4.98 Å². The van der Waals surface area contributed by atoms with Crippen LogP contribution < -0.4 is 5.32 Å². The Morgan fingerprint density at radius 1 is 1.29 bits per heavy atom. The molecule has 0 aliphatic rings. The molecule has 0 fully saturated rings. The van der Waals surface area contributed by atoms with E-state index in [-0.39, 0.29) is 0 Å². The van der Waals surface area contributed by atoms with Crippen LogP contribution in [0.4, 0.5) is 0 Å². The van der Waals surface area contributed by atoms with Crippen molar-refractivity contribution < 1.29 is 0 Å². The number of aromatic nitrogens is 4. The first-order chi connectivity index (χ1) is 8.24. The smallest absolute Gasteiger partial charge is 0.0965 e. The molecule has 0 unspecified atom stereocenters. The number of hydrogen-bond acceptors (Lipinski definition) is 4. The number of rotatable bonds is 5. The van der Waals surface area contributed by atoms with E-state index >= 15 is 0 Å². The van der Waals surface area contributed by atoms with Gasteiger partial charge in [-0.15, -0.1) is 5.10 Å². The van der Waals surface area contributed by atoms with Crippen molar-refractivity contribution in [2.75, 3.05) is 0 Å². The molecule has 0 amide bonds. The molecule has 0 atom stereocenters. The van der Waals surface area contributed by atoms with Crippen molar-refractivity contribution in [2.24, 2.45) is 0 Å². The lowest BCUT2D eigenvalue weighted by Gasteiger charge is -2.04. The Morgan fingerprint density at radius 3 is 2.88 bits per heavy atom.